The van der Waals surface area contributed by atoms with Gasteiger partial charge in [0, 0.05) is 18.4 Å². The van der Waals surface area contributed by atoms with Crippen LogP contribution in [0, 0.1) is 0 Å². The van der Waals surface area contributed by atoms with Gasteiger partial charge in [-0.3, -0.25) is 9.59 Å². The van der Waals surface area contributed by atoms with Crippen molar-refractivity contribution in [3.8, 4) is 0 Å². The molecule has 0 bridgehead atoms. The maximum absolute atomic E-state index is 11.8. The zero-order valence-electron chi connectivity index (χ0n) is 11.7. The molecule has 1 aromatic rings. The van der Waals surface area contributed by atoms with Crippen molar-refractivity contribution < 1.29 is 14.3 Å². The molecule has 0 aromatic carbocycles. The molecular formula is C14H21NO3S. The average Bonchev–Trinajstić information content (AvgIpc) is 2.86. The van der Waals surface area contributed by atoms with Gasteiger partial charge in [0.05, 0.1) is 7.11 Å². The van der Waals surface area contributed by atoms with E-state index >= 15 is 0 Å². The van der Waals surface area contributed by atoms with Crippen LogP contribution in [-0.4, -0.2) is 24.5 Å². The number of hydrogen-bond donors (Lipinski definition) is 1. The van der Waals surface area contributed by atoms with Crippen molar-refractivity contribution in [1.82, 2.24) is 5.32 Å². The lowest BCUT2D eigenvalue weighted by molar-refractivity contribution is -0.141. The van der Waals surface area contributed by atoms with Crippen molar-refractivity contribution in [3.05, 3.63) is 22.4 Å². The van der Waals surface area contributed by atoms with Gasteiger partial charge in [-0.15, -0.1) is 0 Å². The van der Waals surface area contributed by atoms with E-state index in [1.165, 1.54) is 12.7 Å². The van der Waals surface area contributed by atoms with Crippen LogP contribution in [0.4, 0.5) is 0 Å². The molecule has 0 aliphatic heterocycles. The monoisotopic (exact) mass is 283 g/mol. The molecule has 1 amide bonds. The second-order valence-electron chi connectivity index (χ2n) is 5.14. The van der Waals surface area contributed by atoms with Gasteiger partial charge in [-0.05, 0) is 49.1 Å². The Hall–Kier alpha value is -1.36. The summed E-state index contributed by atoms with van der Waals surface area (Å²) in [6.45, 7) is 3.83. The third-order valence-corrected chi connectivity index (χ3v) is 3.61. The van der Waals surface area contributed by atoms with E-state index in [0.29, 0.717) is 19.3 Å². The average molecular weight is 283 g/mol. The SMILES string of the molecule is COC(=O)CCC(C)(C)NC(=O)CCc1ccsc1. The molecule has 0 saturated heterocycles. The number of esters is 1. The van der Waals surface area contributed by atoms with Crippen molar-refractivity contribution in [3.63, 3.8) is 0 Å². The Kier molecular flexibility index (Phi) is 6.02. The fraction of sp³-hybridized carbons (Fsp3) is 0.571. The first-order valence-electron chi connectivity index (χ1n) is 6.32. The lowest BCUT2D eigenvalue weighted by Gasteiger charge is -2.25. The highest BCUT2D eigenvalue weighted by Gasteiger charge is 2.21. The smallest absolute Gasteiger partial charge is 0.305 e. The number of rotatable bonds is 7. The molecule has 4 nitrogen and oxygen atoms in total. The molecule has 0 saturated carbocycles. The zero-order chi connectivity index (χ0) is 14.3. The van der Waals surface area contributed by atoms with Gasteiger partial charge in [-0.25, -0.2) is 0 Å². The summed E-state index contributed by atoms with van der Waals surface area (Å²) in [5, 5.41) is 7.01. The Morgan fingerprint density at radius 2 is 2.11 bits per heavy atom. The predicted molar refractivity (Wildman–Crippen MR) is 76.1 cm³/mol. The van der Waals surface area contributed by atoms with Crippen molar-refractivity contribution in [2.24, 2.45) is 0 Å². The summed E-state index contributed by atoms with van der Waals surface area (Å²) in [4.78, 5) is 22.9. The molecule has 0 aliphatic rings. The van der Waals surface area contributed by atoms with Crippen LogP contribution >= 0.6 is 11.3 Å². The van der Waals surface area contributed by atoms with Gasteiger partial charge in [0.25, 0.3) is 0 Å². The third-order valence-electron chi connectivity index (χ3n) is 2.88. The van der Waals surface area contributed by atoms with E-state index in [-0.39, 0.29) is 17.4 Å². The van der Waals surface area contributed by atoms with E-state index in [9.17, 15) is 9.59 Å². The van der Waals surface area contributed by atoms with Gasteiger partial charge in [0.1, 0.15) is 0 Å². The molecule has 19 heavy (non-hydrogen) atoms. The molecule has 0 spiro atoms. The second-order valence-corrected chi connectivity index (χ2v) is 5.92. The summed E-state index contributed by atoms with van der Waals surface area (Å²) < 4.78 is 4.60. The Morgan fingerprint density at radius 3 is 2.68 bits per heavy atom. The van der Waals surface area contributed by atoms with Gasteiger partial charge in [-0.1, -0.05) is 0 Å². The number of carbonyl (C=O) groups excluding carboxylic acids is 2. The quantitative estimate of drug-likeness (QED) is 0.782. The first kappa shape index (κ1) is 15.7. The molecule has 1 aromatic heterocycles. The highest BCUT2D eigenvalue weighted by atomic mass is 32.1. The largest absolute Gasteiger partial charge is 0.469 e. The molecular weight excluding hydrogens is 262 g/mol. The van der Waals surface area contributed by atoms with Crippen LogP contribution in [0.25, 0.3) is 0 Å². The number of aryl methyl sites for hydroxylation is 1. The molecule has 5 heteroatoms. The van der Waals surface area contributed by atoms with Gasteiger partial charge < -0.3 is 10.1 Å². The van der Waals surface area contributed by atoms with Gasteiger partial charge in [-0.2, -0.15) is 11.3 Å². The second kappa shape index (κ2) is 7.28. The summed E-state index contributed by atoms with van der Waals surface area (Å²) in [6.07, 6.45) is 2.11. The Bertz CT molecular complexity index is 412. The maximum atomic E-state index is 11.8. The Morgan fingerprint density at radius 1 is 1.37 bits per heavy atom. The number of ether oxygens (including phenoxy) is 1. The minimum absolute atomic E-state index is 0.0149. The Labute approximate surface area is 118 Å². The normalized spacial score (nSPS) is 11.1. The molecule has 0 atom stereocenters. The molecule has 1 rings (SSSR count). The minimum Gasteiger partial charge on any atom is -0.469 e. The molecule has 1 heterocycles. The summed E-state index contributed by atoms with van der Waals surface area (Å²) in [5.74, 6) is -0.235. The maximum Gasteiger partial charge on any atom is 0.305 e. The van der Waals surface area contributed by atoms with Crippen LogP contribution in [-0.2, 0) is 20.7 Å². The highest BCUT2D eigenvalue weighted by Crippen LogP contribution is 2.13. The summed E-state index contributed by atoms with van der Waals surface area (Å²) in [7, 11) is 1.37. The van der Waals surface area contributed by atoms with Gasteiger partial charge >= 0.3 is 5.97 Å². The standard InChI is InChI=1S/C14H21NO3S/c1-14(2,8-6-13(17)18-3)15-12(16)5-4-11-7-9-19-10-11/h7,9-10H,4-6,8H2,1-3H3,(H,15,16). The van der Waals surface area contributed by atoms with Crippen LogP contribution in [0.2, 0.25) is 0 Å². The van der Waals surface area contributed by atoms with E-state index in [0.717, 1.165) is 6.42 Å². The molecule has 0 fully saturated rings. The van der Waals surface area contributed by atoms with E-state index in [4.69, 9.17) is 0 Å². The summed E-state index contributed by atoms with van der Waals surface area (Å²) in [6, 6.07) is 2.03. The lowest BCUT2D eigenvalue weighted by Crippen LogP contribution is -2.43. The molecule has 106 valence electrons. The fourth-order valence-corrected chi connectivity index (χ4v) is 2.41. The Balaban J connectivity index is 2.31. The van der Waals surface area contributed by atoms with E-state index in [1.807, 2.05) is 25.3 Å². The van der Waals surface area contributed by atoms with Crippen LogP contribution < -0.4 is 5.32 Å². The highest BCUT2D eigenvalue weighted by molar-refractivity contribution is 7.07. The first-order valence-corrected chi connectivity index (χ1v) is 7.26. The molecule has 0 unspecified atom stereocenters. The van der Waals surface area contributed by atoms with Crippen molar-refractivity contribution in [2.45, 2.75) is 45.1 Å². The van der Waals surface area contributed by atoms with Crippen LogP contribution in [0.5, 0.6) is 0 Å². The minimum atomic E-state index is -0.389. The lowest BCUT2D eigenvalue weighted by atomic mass is 9.98. The summed E-state index contributed by atoms with van der Waals surface area (Å²) in [5.41, 5.74) is 0.799. The number of thiophene rings is 1. The van der Waals surface area contributed by atoms with Crippen LogP contribution in [0.1, 0.15) is 38.7 Å². The van der Waals surface area contributed by atoms with E-state index in [2.05, 4.69) is 15.4 Å². The molecule has 1 N–H and O–H groups in total. The van der Waals surface area contributed by atoms with Gasteiger partial charge in [0.15, 0.2) is 0 Å². The van der Waals surface area contributed by atoms with Crippen LogP contribution in [0.15, 0.2) is 16.8 Å². The van der Waals surface area contributed by atoms with Crippen molar-refractivity contribution in [2.75, 3.05) is 7.11 Å². The summed E-state index contributed by atoms with van der Waals surface area (Å²) >= 11 is 1.64. The third kappa shape index (κ3) is 6.38. The topological polar surface area (TPSA) is 55.4 Å². The fourth-order valence-electron chi connectivity index (χ4n) is 1.71. The van der Waals surface area contributed by atoms with Crippen LogP contribution in [0.3, 0.4) is 0 Å². The van der Waals surface area contributed by atoms with Crippen molar-refractivity contribution in [1.29, 1.82) is 0 Å². The first-order chi connectivity index (χ1) is 8.93. The molecule has 0 radical (unpaired) electrons. The number of nitrogens with one attached hydrogen (secondary N) is 1. The number of methoxy groups -OCH3 is 1. The number of hydrogen-bond acceptors (Lipinski definition) is 4. The van der Waals surface area contributed by atoms with E-state index in [1.54, 1.807) is 11.3 Å². The van der Waals surface area contributed by atoms with E-state index < -0.39 is 0 Å². The number of carbonyl (C=O) groups is 2. The molecule has 0 aliphatic carbocycles. The van der Waals surface area contributed by atoms with Gasteiger partial charge in [0.2, 0.25) is 5.91 Å². The zero-order valence-corrected chi connectivity index (χ0v) is 12.5. The predicted octanol–water partition coefficient (Wildman–Crippen LogP) is 2.53. The van der Waals surface area contributed by atoms with Crippen molar-refractivity contribution >= 4 is 23.2 Å². The number of amides is 1.